The molecule has 0 rings (SSSR count). The van der Waals surface area contributed by atoms with Crippen LogP contribution in [-0.4, -0.2) is 37.0 Å². The van der Waals surface area contributed by atoms with E-state index in [2.05, 4.69) is 40.1 Å². The van der Waals surface area contributed by atoms with Crippen LogP contribution in [0.2, 0.25) is 0 Å². The summed E-state index contributed by atoms with van der Waals surface area (Å²) in [6.45, 7) is 3.92. The Morgan fingerprint density at radius 1 is 1.38 bits per heavy atom. The molecule has 0 aliphatic heterocycles. The normalized spacial score (nSPS) is 7.06. The maximum atomic E-state index is 11.3. The number of aliphatic imine (C=N–C) groups is 1. The van der Waals surface area contributed by atoms with Gasteiger partial charge in [0.05, 0.1) is 5.16 Å². The van der Waals surface area contributed by atoms with Crippen LogP contribution in [0.4, 0.5) is 8.78 Å². The molecule has 0 radical (unpaired) electrons. The Hall–Kier alpha value is -0.690. The molecule has 0 aliphatic carbocycles. The zero-order valence-corrected chi connectivity index (χ0v) is 11.1. The molecule has 0 spiro atoms. The van der Waals surface area contributed by atoms with Crippen molar-refractivity contribution in [2.75, 3.05) is 26.7 Å². The van der Waals surface area contributed by atoms with E-state index < -0.39 is 13.6 Å². The van der Waals surface area contributed by atoms with Crippen LogP contribution in [0.5, 0.6) is 0 Å². The first-order valence-corrected chi connectivity index (χ1v) is 5.33. The fourth-order valence-corrected chi connectivity index (χ4v) is 0.556. The van der Waals surface area contributed by atoms with Gasteiger partial charge in [-0.15, -0.1) is 0 Å². The van der Waals surface area contributed by atoms with Crippen molar-refractivity contribution in [2.45, 2.75) is 13.8 Å². The highest BCUT2D eigenvalue weighted by atomic mass is 32.1. The van der Waals surface area contributed by atoms with Gasteiger partial charge in [-0.05, 0) is 37.9 Å². The summed E-state index contributed by atoms with van der Waals surface area (Å²) in [7, 11) is 0. The van der Waals surface area contributed by atoms with Gasteiger partial charge < -0.3 is 16.4 Å². The SMILES string of the molecule is CCN.CCNC(=S)NCF.FCN=C=S. The number of halogens is 2. The molecule has 0 saturated carbocycles. The van der Waals surface area contributed by atoms with Gasteiger partial charge in [0.15, 0.2) is 18.7 Å². The summed E-state index contributed by atoms with van der Waals surface area (Å²) >= 11 is 8.58. The van der Waals surface area contributed by atoms with E-state index in [0.717, 1.165) is 13.1 Å². The zero-order chi connectivity index (χ0) is 13.2. The number of hydrogen-bond donors (Lipinski definition) is 3. The van der Waals surface area contributed by atoms with Gasteiger partial charge in [-0.1, -0.05) is 6.92 Å². The molecule has 96 valence electrons. The Morgan fingerprint density at radius 3 is 2.06 bits per heavy atom. The molecule has 4 nitrogen and oxygen atoms in total. The van der Waals surface area contributed by atoms with Crippen LogP contribution in [0.25, 0.3) is 0 Å². The molecule has 0 aromatic rings. The number of nitrogens with two attached hydrogens (primary N) is 1. The number of rotatable bonds is 3. The Morgan fingerprint density at radius 2 is 1.88 bits per heavy atom. The molecule has 4 N–H and O–H groups in total. The lowest BCUT2D eigenvalue weighted by Crippen LogP contribution is -2.34. The molecule has 0 unspecified atom stereocenters. The lowest BCUT2D eigenvalue weighted by Gasteiger charge is -2.02. The first kappa shape index (κ1) is 20.7. The first-order chi connectivity index (χ1) is 7.64. The number of hydrogen-bond acceptors (Lipinski definition) is 4. The number of isothiocyanates is 1. The number of alkyl halides is 2. The van der Waals surface area contributed by atoms with Gasteiger partial charge in [0.2, 0.25) is 0 Å². The molecule has 0 bridgehead atoms. The fourth-order valence-electron chi connectivity index (χ4n) is 0.308. The topological polar surface area (TPSA) is 62.4 Å². The molecular formula is C8H18F2N4S2. The second-order valence-electron chi connectivity index (χ2n) is 1.95. The Kier molecular flexibility index (Phi) is 30.8. The fraction of sp³-hybridized carbons (Fsp3) is 0.750. The lowest BCUT2D eigenvalue weighted by molar-refractivity contribution is 0.474. The standard InChI is InChI=1S/C4H9FN2S.C2H2FNS.C2H7N/c1-2-6-4(8)7-3-5;3-1-4-2-5;1-2-3/h2-3H2,1H3,(H2,6,7,8);1H2;2-3H2,1H3. The maximum Gasteiger partial charge on any atom is 0.189 e. The molecule has 0 aliphatic rings. The second kappa shape index (κ2) is 23.8. The minimum Gasteiger partial charge on any atom is -0.363 e. The lowest BCUT2D eigenvalue weighted by atomic mass is 10.7. The summed E-state index contributed by atoms with van der Waals surface area (Å²) in [5, 5.41) is 7.25. The van der Waals surface area contributed by atoms with E-state index in [0.29, 0.717) is 5.11 Å². The third kappa shape index (κ3) is 37.7. The van der Waals surface area contributed by atoms with Gasteiger partial charge in [0.25, 0.3) is 0 Å². The molecule has 0 atom stereocenters. The molecule has 0 fully saturated rings. The third-order valence-electron chi connectivity index (χ3n) is 0.689. The van der Waals surface area contributed by atoms with Crippen molar-refractivity contribution in [1.82, 2.24) is 10.6 Å². The molecule has 0 saturated heterocycles. The maximum absolute atomic E-state index is 11.3. The smallest absolute Gasteiger partial charge is 0.189 e. The summed E-state index contributed by atoms with van der Waals surface area (Å²) in [5.74, 6) is 0. The van der Waals surface area contributed by atoms with Crippen molar-refractivity contribution in [3.63, 3.8) is 0 Å². The van der Waals surface area contributed by atoms with E-state index in [4.69, 9.17) is 5.73 Å². The molecule has 8 heteroatoms. The zero-order valence-electron chi connectivity index (χ0n) is 9.43. The van der Waals surface area contributed by atoms with Crippen molar-refractivity contribution >= 4 is 34.7 Å². The average Bonchev–Trinajstić information content (AvgIpc) is 2.22. The Labute approximate surface area is 106 Å². The van der Waals surface area contributed by atoms with E-state index in [-0.39, 0.29) is 0 Å². The molecular weight excluding hydrogens is 254 g/mol. The van der Waals surface area contributed by atoms with E-state index >= 15 is 0 Å². The first-order valence-electron chi connectivity index (χ1n) is 4.51. The van der Waals surface area contributed by atoms with Gasteiger partial charge in [-0.3, -0.25) is 0 Å². The predicted octanol–water partition coefficient (Wildman–Crippen LogP) is 1.38. The summed E-state index contributed by atoms with van der Waals surface area (Å²) in [6, 6.07) is 0. The van der Waals surface area contributed by atoms with Crippen LogP contribution < -0.4 is 16.4 Å². The van der Waals surface area contributed by atoms with E-state index in [1.165, 1.54) is 0 Å². The van der Waals surface area contributed by atoms with Gasteiger partial charge in [0, 0.05) is 6.54 Å². The number of thiocarbonyl (C=S) groups is 2. The quantitative estimate of drug-likeness (QED) is 0.411. The van der Waals surface area contributed by atoms with Crippen LogP contribution in [-0.2, 0) is 0 Å². The highest BCUT2D eigenvalue weighted by Gasteiger charge is 1.86. The molecule has 0 amide bonds. The summed E-state index contributed by atoms with van der Waals surface area (Å²) in [6.07, 6.45) is 0. The largest absolute Gasteiger partial charge is 0.363 e. The summed E-state index contributed by atoms with van der Waals surface area (Å²) < 4.78 is 22.0. The van der Waals surface area contributed by atoms with Crippen LogP contribution in [0, 0.1) is 0 Å². The van der Waals surface area contributed by atoms with Crippen molar-refractivity contribution in [3.05, 3.63) is 0 Å². The number of nitrogens with zero attached hydrogens (tertiary/aromatic N) is 1. The number of nitrogens with one attached hydrogen (secondary N) is 2. The van der Waals surface area contributed by atoms with Crippen LogP contribution in [0.15, 0.2) is 4.99 Å². The summed E-state index contributed by atoms with van der Waals surface area (Å²) in [5.41, 5.74) is 4.85. The van der Waals surface area contributed by atoms with Crippen LogP contribution in [0.3, 0.4) is 0 Å². The minimum atomic E-state index is -0.747. The minimum absolute atomic E-state index is 0.370. The van der Waals surface area contributed by atoms with E-state index in [1.807, 2.05) is 19.0 Å². The molecule has 0 aromatic heterocycles. The Bertz CT molecular complexity index is 179. The van der Waals surface area contributed by atoms with Crippen molar-refractivity contribution in [1.29, 1.82) is 0 Å². The van der Waals surface area contributed by atoms with Gasteiger partial charge in [-0.2, -0.15) is 4.99 Å². The Balaban J connectivity index is -0.000000181. The average molecular weight is 272 g/mol. The van der Waals surface area contributed by atoms with E-state index in [9.17, 15) is 8.78 Å². The predicted molar refractivity (Wildman–Crippen MR) is 71.1 cm³/mol. The van der Waals surface area contributed by atoms with Crippen LogP contribution in [0.1, 0.15) is 13.8 Å². The van der Waals surface area contributed by atoms with Crippen molar-refractivity contribution in [2.24, 2.45) is 10.7 Å². The van der Waals surface area contributed by atoms with Crippen molar-refractivity contribution in [3.8, 4) is 0 Å². The van der Waals surface area contributed by atoms with E-state index in [1.54, 1.807) is 0 Å². The summed E-state index contributed by atoms with van der Waals surface area (Å²) in [4.78, 5) is 2.87. The van der Waals surface area contributed by atoms with Gasteiger partial charge in [0.1, 0.15) is 0 Å². The van der Waals surface area contributed by atoms with Gasteiger partial charge in [-0.25, -0.2) is 8.78 Å². The van der Waals surface area contributed by atoms with Crippen molar-refractivity contribution < 1.29 is 8.78 Å². The van der Waals surface area contributed by atoms with Crippen LogP contribution >= 0.6 is 24.4 Å². The molecule has 0 aromatic carbocycles. The monoisotopic (exact) mass is 272 g/mol. The molecule has 0 heterocycles. The molecule has 16 heavy (non-hydrogen) atoms. The van der Waals surface area contributed by atoms with Gasteiger partial charge >= 0.3 is 0 Å². The highest BCUT2D eigenvalue weighted by molar-refractivity contribution is 7.80. The second-order valence-corrected chi connectivity index (χ2v) is 2.54. The third-order valence-corrected chi connectivity index (χ3v) is 1.11. The highest BCUT2D eigenvalue weighted by Crippen LogP contribution is 1.64.